The van der Waals surface area contributed by atoms with Gasteiger partial charge in [0.25, 0.3) is 0 Å². The monoisotopic (exact) mass is 295 g/mol. The first-order valence-electron chi connectivity index (χ1n) is 9.33. The molecule has 0 aromatic rings. The predicted octanol–water partition coefficient (Wildman–Crippen LogP) is 4.92. The molecule has 0 heterocycles. The van der Waals surface area contributed by atoms with Crippen LogP contribution in [0.2, 0.25) is 0 Å². The summed E-state index contributed by atoms with van der Waals surface area (Å²) in [5.74, 6) is 0.808. The van der Waals surface area contributed by atoms with Crippen LogP contribution in [0.15, 0.2) is 0 Å². The molecular weight excluding hydrogens is 258 g/mol. The molecule has 2 aliphatic rings. The van der Waals surface area contributed by atoms with Gasteiger partial charge in [-0.15, -0.1) is 0 Å². The highest BCUT2D eigenvalue weighted by Crippen LogP contribution is 2.42. The lowest BCUT2D eigenvalue weighted by Crippen LogP contribution is -2.49. The summed E-state index contributed by atoms with van der Waals surface area (Å²) in [6.45, 7) is 11.7. The topological polar surface area (TPSA) is 21.3 Å². The smallest absolute Gasteiger partial charge is 0.0810 e. The molecule has 124 valence electrons. The van der Waals surface area contributed by atoms with Crippen LogP contribution < -0.4 is 5.32 Å². The molecule has 2 heteroatoms. The van der Waals surface area contributed by atoms with Crippen molar-refractivity contribution in [3.63, 3.8) is 0 Å². The van der Waals surface area contributed by atoms with Gasteiger partial charge in [0.1, 0.15) is 0 Å². The molecule has 0 radical (unpaired) electrons. The van der Waals surface area contributed by atoms with E-state index in [0.717, 1.165) is 19.0 Å². The Kier molecular flexibility index (Phi) is 6.14. The zero-order valence-electron chi connectivity index (χ0n) is 14.8. The molecule has 0 aromatic carbocycles. The summed E-state index contributed by atoms with van der Waals surface area (Å²) in [6.07, 6.45) is 12.2. The van der Waals surface area contributed by atoms with Gasteiger partial charge < -0.3 is 10.1 Å². The normalized spacial score (nSPS) is 32.0. The van der Waals surface area contributed by atoms with Crippen LogP contribution >= 0.6 is 0 Å². The van der Waals surface area contributed by atoms with E-state index in [1.54, 1.807) is 0 Å². The molecule has 2 nitrogen and oxygen atoms in total. The Morgan fingerprint density at radius 2 is 1.81 bits per heavy atom. The Bertz CT molecular complexity index is 307. The summed E-state index contributed by atoms with van der Waals surface area (Å²) in [7, 11) is 0. The van der Waals surface area contributed by atoms with E-state index in [4.69, 9.17) is 4.74 Å². The quantitative estimate of drug-likeness (QED) is 0.702. The average Bonchev–Trinajstić information content (AvgIpc) is 2.37. The van der Waals surface area contributed by atoms with E-state index in [9.17, 15) is 0 Å². The van der Waals surface area contributed by atoms with Crippen LogP contribution in [-0.4, -0.2) is 24.8 Å². The summed E-state index contributed by atoms with van der Waals surface area (Å²) in [6, 6.07) is 0. The minimum absolute atomic E-state index is 0.130. The lowest BCUT2D eigenvalue weighted by molar-refractivity contribution is -0.140. The molecule has 2 unspecified atom stereocenters. The zero-order chi connectivity index (χ0) is 15.3. The number of nitrogens with one attached hydrogen (secondary N) is 1. The molecule has 0 amide bonds. The lowest BCUT2D eigenvalue weighted by atomic mass is 9.71. The van der Waals surface area contributed by atoms with Crippen molar-refractivity contribution in [2.24, 2.45) is 11.3 Å². The second-order valence-electron chi connectivity index (χ2n) is 8.57. The Labute approximate surface area is 132 Å². The van der Waals surface area contributed by atoms with Crippen molar-refractivity contribution in [3.05, 3.63) is 0 Å². The Morgan fingerprint density at radius 1 is 1.10 bits per heavy atom. The highest BCUT2D eigenvalue weighted by molar-refractivity contribution is 4.91. The van der Waals surface area contributed by atoms with E-state index in [1.807, 2.05) is 0 Å². The third kappa shape index (κ3) is 5.25. The third-order valence-corrected chi connectivity index (χ3v) is 5.40. The van der Waals surface area contributed by atoms with Gasteiger partial charge in [0, 0.05) is 6.54 Å². The van der Waals surface area contributed by atoms with Crippen LogP contribution in [0.25, 0.3) is 0 Å². The second kappa shape index (κ2) is 7.46. The Hall–Kier alpha value is -0.0800. The molecule has 2 atom stereocenters. The van der Waals surface area contributed by atoms with Gasteiger partial charge in [0.05, 0.1) is 11.7 Å². The maximum atomic E-state index is 6.81. The molecule has 2 aliphatic carbocycles. The minimum atomic E-state index is 0.130. The Balaban J connectivity index is 1.97. The highest BCUT2D eigenvalue weighted by Gasteiger charge is 2.39. The van der Waals surface area contributed by atoms with Crippen molar-refractivity contribution in [2.75, 3.05) is 13.1 Å². The van der Waals surface area contributed by atoms with Crippen molar-refractivity contribution in [1.82, 2.24) is 5.32 Å². The highest BCUT2D eigenvalue weighted by atomic mass is 16.5. The van der Waals surface area contributed by atoms with Crippen molar-refractivity contribution in [3.8, 4) is 0 Å². The number of ether oxygens (including phenoxy) is 1. The molecule has 0 saturated heterocycles. The molecule has 0 aliphatic heterocycles. The van der Waals surface area contributed by atoms with E-state index in [1.165, 1.54) is 57.8 Å². The van der Waals surface area contributed by atoms with Gasteiger partial charge >= 0.3 is 0 Å². The van der Waals surface area contributed by atoms with Crippen molar-refractivity contribution in [2.45, 2.75) is 97.2 Å². The maximum Gasteiger partial charge on any atom is 0.0810 e. The standard InChI is InChI=1S/C19H37NO/c1-5-11-20-15-19(9-7-6-8-10-19)21-17-12-16(2)13-18(3,4)14-17/h16-17,20H,5-15H2,1-4H3. The lowest BCUT2D eigenvalue weighted by Gasteiger charge is -2.45. The van der Waals surface area contributed by atoms with Gasteiger partial charge in [0.2, 0.25) is 0 Å². The summed E-state index contributed by atoms with van der Waals surface area (Å²) >= 11 is 0. The molecule has 0 aromatic heterocycles. The molecule has 2 saturated carbocycles. The van der Waals surface area contributed by atoms with Gasteiger partial charge in [-0.25, -0.2) is 0 Å². The van der Waals surface area contributed by atoms with E-state index in [0.29, 0.717) is 11.5 Å². The SMILES string of the molecule is CCCNCC1(OC2CC(C)CC(C)(C)C2)CCCCC1. The number of hydrogen-bond donors (Lipinski definition) is 1. The van der Waals surface area contributed by atoms with Crippen molar-refractivity contribution >= 4 is 0 Å². The van der Waals surface area contributed by atoms with Gasteiger partial charge in [0.15, 0.2) is 0 Å². The van der Waals surface area contributed by atoms with E-state index < -0.39 is 0 Å². The Morgan fingerprint density at radius 3 is 2.43 bits per heavy atom. The van der Waals surface area contributed by atoms with Crippen LogP contribution in [0, 0.1) is 11.3 Å². The number of hydrogen-bond acceptors (Lipinski definition) is 2. The fourth-order valence-corrected chi connectivity index (χ4v) is 4.73. The molecule has 2 rings (SSSR count). The largest absolute Gasteiger partial charge is 0.370 e. The summed E-state index contributed by atoms with van der Waals surface area (Å²) in [4.78, 5) is 0. The van der Waals surface area contributed by atoms with Gasteiger partial charge in [-0.05, 0) is 56.4 Å². The van der Waals surface area contributed by atoms with Crippen LogP contribution in [0.4, 0.5) is 0 Å². The van der Waals surface area contributed by atoms with Crippen molar-refractivity contribution < 1.29 is 4.74 Å². The predicted molar refractivity (Wildman–Crippen MR) is 90.6 cm³/mol. The molecule has 2 fully saturated rings. The maximum absolute atomic E-state index is 6.81. The minimum Gasteiger partial charge on any atom is -0.370 e. The first-order chi connectivity index (χ1) is 9.95. The van der Waals surface area contributed by atoms with Crippen LogP contribution in [-0.2, 0) is 4.74 Å². The summed E-state index contributed by atoms with van der Waals surface area (Å²) in [5.41, 5.74) is 0.584. The van der Waals surface area contributed by atoms with Crippen molar-refractivity contribution in [1.29, 1.82) is 0 Å². The molecular formula is C19H37NO. The third-order valence-electron chi connectivity index (χ3n) is 5.40. The zero-order valence-corrected chi connectivity index (χ0v) is 14.8. The molecule has 0 spiro atoms. The molecule has 1 N–H and O–H groups in total. The molecule has 21 heavy (non-hydrogen) atoms. The fourth-order valence-electron chi connectivity index (χ4n) is 4.73. The first kappa shape index (κ1) is 17.3. The summed E-state index contributed by atoms with van der Waals surface area (Å²) in [5, 5.41) is 3.64. The number of rotatable bonds is 6. The average molecular weight is 296 g/mol. The van der Waals surface area contributed by atoms with E-state index in [-0.39, 0.29) is 5.60 Å². The summed E-state index contributed by atoms with van der Waals surface area (Å²) < 4.78 is 6.81. The van der Waals surface area contributed by atoms with Crippen LogP contribution in [0.5, 0.6) is 0 Å². The molecule has 0 bridgehead atoms. The first-order valence-corrected chi connectivity index (χ1v) is 9.33. The van der Waals surface area contributed by atoms with Gasteiger partial charge in [-0.3, -0.25) is 0 Å². The van der Waals surface area contributed by atoms with Crippen LogP contribution in [0.1, 0.15) is 85.5 Å². The van der Waals surface area contributed by atoms with Gasteiger partial charge in [-0.1, -0.05) is 47.0 Å². The fraction of sp³-hybridized carbons (Fsp3) is 1.00. The second-order valence-corrected chi connectivity index (χ2v) is 8.57. The van der Waals surface area contributed by atoms with Crippen LogP contribution in [0.3, 0.4) is 0 Å². The van der Waals surface area contributed by atoms with Gasteiger partial charge in [-0.2, -0.15) is 0 Å². The van der Waals surface area contributed by atoms with E-state index in [2.05, 4.69) is 33.0 Å². The van der Waals surface area contributed by atoms with E-state index >= 15 is 0 Å².